The van der Waals surface area contributed by atoms with E-state index in [0.29, 0.717) is 6.29 Å². The number of Topliss-reactive ketones (excluding diaryl/α,β-unsaturated/α-hetero) is 2. The van der Waals surface area contributed by atoms with Crippen LogP contribution in [0.5, 0.6) is 0 Å². The van der Waals surface area contributed by atoms with E-state index in [2.05, 4.69) is 14.6 Å². The van der Waals surface area contributed by atoms with Crippen molar-refractivity contribution in [1.82, 2.24) is 5.32 Å². The van der Waals surface area contributed by atoms with Crippen LogP contribution in [0.2, 0.25) is 0 Å². The summed E-state index contributed by atoms with van der Waals surface area (Å²) in [6, 6.07) is -0.590. The molecule has 0 rings (SSSR count). The first kappa shape index (κ1) is 12.7. The van der Waals surface area contributed by atoms with Gasteiger partial charge in [0.25, 0.3) is 0 Å². The Bertz CT molecular complexity index is 191. The predicted molar refractivity (Wildman–Crippen MR) is 60.9 cm³/mol. The molecule has 0 saturated heterocycles. The van der Waals surface area contributed by atoms with E-state index in [1.807, 2.05) is 0 Å². The summed E-state index contributed by atoms with van der Waals surface area (Å²) in [6.07, 6.45) is 0.525. The van der Waals surface area contributed by atoms with E-state index in [-0.39, 0.29) is 46.6 Å². The summed E-state index contributed by atoms with van der Waals surface area (Å²) in [7, 11) is 2.38. The van der Waals surface area contributed by atoms with Crippen molar-refractivity contribution in [2.24, 2.45) is 0 Å². The zero-order valence-corrected chi connectivity index (χ0v) is 7.45. The van der Waals surface area contributed by atoms with E-state index < -0.39 is 6.04 Å². The molecule has 0 radical (unpaired) electrons. The number of hydrogen-bond donors (Lipinski definition) is 1. The first-order valence-electron chi connectivity index (χ1n) is 4.63. The first-order valence-corrected chi connectivity index (χ1v) is 4.03. The highest BCUT2D eigenvalue weighted by molar-refractivity contribution is 7.16. The average Bonchev–Trinajstić information content (AvgIpc) is 2.15. The van der Waals surface area contributed by atoms with E-state index in [1.165, 1.54) is 0 Å². The molecule has 2 atom stereocenters. The number of carbonyl (C=O) groups is 2. The summed E-state index contributed by atoms with van der Waals surface area (Å²) >= 11 is 0. The summed E-state index contributed by atoms with van der Waals surface area (Å²) < 4.78 is 13.7. The second-order valence-corrected chi connectivity index (χ2v) is 2.58. The van der Waals surface area contributed by atoms with Gasteiger partial charge in [0.2, 0.25) is 0 Å². The molecule has 2 unspecified atom stereocenters. The van der Waals surface area contributed by atoms with Crippen LogP contribution in [-0.4, -0.2) is 23.9 Å². The highest BCUT2D eigenvalue weighted by Crippen LogP contribution is 1.95. The zero-order chi connectivity index (χ0) is 10.3. The molecule has 13 heavy (non-hydrogen) atoms. The van der Waals surface area contributed by atoms with E-state index in [0.717, 1.165) is 0 Å². The maximum atomic E-state index is 11.1. The molecule has 0 aromatic carbocycles. The van der Waals surface area contributed by atoms with E-state index in [1.54, 1.807) is 0 Å². The van der Waals surface area contributed by atoms with Crippen LogP contribution in [0.1, 0.15) is 37.8 Å². The molecule has 0 aromatic rings. The van der Waals surface area contributed by atoms with Crippen molar-refractivity contribution in [3.8, 4) is 0 Å². The predicted octanol–water partition coefficient (Wildman–Crippen LogP) is 1.62. The van der Waals surface area contributed by atoms with E-state index in [4.69, 9.17) is 2.74 Å². The van der Waals surface area contributed by atoms with Gasteiger partial charge in [-0.1, -0.05) is 14.9 Å². The fourth-order valence-corrected chi connectivity index (χ4v) is 0.954. The monoisotopic (exact) mass is 209 g/mol. The second-order valence-electron chi connectivity index (χ2n) is 2.17. The first-order chi connectivity index (χ1) is 6.15. The van der Waals surface area contributed by atoms with Gasteiger partial charge in [0.1, 0.15) is 11.6 Å². The van der Waals surface area contributed by atoms with Crippen LogP contribution < -0.4 is 5.32 Å². The van der Waals surface area contributed by atoms with Crippen LogP contribution in [0.3, 0.4) is 0 Å². The molecule has 3 nitrogen and oxygen atoms in total. The SMILES string of the molecule is C.C.[2H]CC(=O)CC(NCP)C(=O)C[2H]. The third-order valence-electron chi connectivity index (χ3n) is 1.18. The van der Waals surface area contributed by atoms with Crippen molar-refractivity contribution < 1.29 is 12.3 Å². The van der Waals surface area contributed by atoms with Gasteiger partial charge in [-0.15, -0.1) is 9.24 Å². The third kappa shape index (κ3) is 9.65. The lowest BCUT2D eigenvalue weighted by Gasteiger charge is -2.11. The third-order valence-corrected chi connectivity index (χ3v) is 1.42. The summed E-state index contributed by atoms with van der Waals surface area (Å²) in [5.74, 6) is -0.581. The standard InChI is InChI=1S/C7H14NO2P.2CH4/c1-5(9)3-7(6(2)10)8-4-11;;/h7-8H,3-4,11H2,1-2H3;2*1H4/i1D,2D;;. The quantitative estimate of drug-likeness (QED) is 0.700. The molecule has 80 valence electrons. The average molecular weight is 209 g/mol. The van der Waals surface area contributed by atoms with Crippen molar-refractivity contribution in [1.29, 1.82) is 0 Å². The Balaban J connectivity index is -0.000000720. The van der Waals surface area contributed by atoms with Crippen LogP contribution >= 0.6 is 9.24 Å². The van der Waals surface area contributed by atoms with Crippen molar-refractivity contribution in [2.45, 2.75) is 41.1 Å². The van der Waals surface area contributed by atoms with Gasteiger partial charge in [-0.3, -0.25) is 9.59 Å². The minimum absolute atomic E-state index is 0. The molecule has 0 saturated carbocycles. The normalized spacial score (nSPS) is 12.7. The molecule has 0 aromatic heterocycles. The van der Waals surface area contributed by atoms with Gasteiger partial charge in [-0.05, 0) is 13.8 Å². The number of carbonyl (C=O) groups excluding carboxylic acids is 2. The second kappa shape index (κ2) is 9.82. The summed E-state index contributed by atoms with van der Waals surface area (Å²) in [6.45, 7) is -0.631. The van der Waals surface area contributed by atoms with Crippen LogP contribution in [0.4, 0.5) is 0 Å². The Labute approximate surface area is 86.7 Å². The maximum Gasteiger partial charge on any atom is 0.147 e. The lowest BCUT2D eigenvalue weighted by Crippen LogP contribution is -2.35. The molecule has 0 bridgehead atoms. The molecule has 0 aliphatic carbocycles. The Morgan fingerprint density at radius 3 is 2.46 bits per heavy atom. The molecule has 1 N–H and O–H groups in total. The molecule has 0 aliphatic heterocycles. The van der Waals surface area contributed by atoms with E-state index >= 15 is 0 Å². The van der Waals surface area contributed by atoms with Crippen molar-refractivity contribution in [3.05, 3.63) is 0 Å². The highest BCUT2D eigenvalue weighted by Gasteiger charge is 2.13. The van der Waals surface area contributed by atoms with Gasteiger partial charge < -0.3 is 5.32 Å². The minimum atomic E-state index is -0.590. The summed E-state index contributed by atoms with van der Waals surface area (Å²) in [4.78, 5) is 22.0. The van der Waals surface area contributed by atoms with Gasteiger partial charge >= 0.3 is 0 Å². The molecule has 0 spiro atoms. The maximum absolute atomic E-state index is 11.1. The molecule has 0 amide bonds. The lowest BCUT2D eigenvalue weighted by molar-refractivity contribution is -0.123. The molecular formula is C9H22NO2P. The zero-order valence-electron chi connectivity index (χ0n) is 8.30. The van der Waals surface area contributed by atoms with Crippen LogP contribution in [-0.2, 0) is 9.59 Å². The Morgan fingerprint density at radius 1 is 1.46 bits per heavy atom. The van der Waals surface area contributed by atoms with Gasteiger partial charge in [0.05, 0.1) is 6.04 Å². The Kier molecular flexibility index (Phi) is 9.61. The Morgan fingerprint density at radius 2 is 2.08 bits per heavy atom. The smallest absolute Gasteiger partial charge is 0.147 e. The highest BCUT2D eigenvalue weighted by atomic mass is 31.0. The number of hydrogen-bond acceptors (Lipinski definition) is 3. The van der Waals surface area contributed by atoms with Crippen molar-refractivity contribution in [3.63, 3.8) is 0 Å². The topological polar surface area (TPSA) is 46.2 Å². The lowest BCUT2D eigenvalue weighted by atomic mass is 10.1. The minimum Gasteiger partial charge on any atom is -0.304 e. The summed E-state index contributed by atoms with van der Waals surface area (Å²) in [5, 5.41) is 2.79. The van der Waals surface area contributed by atoms with Gasteiger partial charge in [-0.2, -0.15) is 0 Å². The number of nitrogens with one attached hydrogen (secondary N) is 1. The Hall–Kier alpha value is -0.270. The molecular weight excluding hydrogens is 185 g/mol. The number of rotatable bonds is 5. The molecule has 0 fully saturated rings. The van der Waals surface area contributed by atoms with Crippen molar-refractivity contribution in [2.75, 3.05) is 6.29 Å². The largest absolute Gasteiger partial charge is 0.304 e. The van der Waals surface area contributed by atoms with Gasteiger partial charge in [0, 0.05) is 15.4 Å². The van der Waals surface area contributed by atoms with Crippen LogP contribution in [0.15, 0.2) is 0 Å². The fourth-order valence-electron chi connectivity index (χ4n) is 0.670. The van der Waals surface area contributed by atoms with Crippen molar-refractivity contribution >= 4 is 20.8 Å². The molecule has 4 heteroatoms. The van der Waals surface area contributed by atoms with Gasteiger partial charge in [-0.25, -0.2) is 0 Å². The molecule has 0 heterocycles. The van der Waals surface area contributed by atoms with Gasteiger partial charge in [0.15, 0.2) is 0 Å². The summed E-state index contributed by atoms with van der Waals surface area (Å²) in [5.41, 5.74) is 0. The van der Waals surface area contributed by atoms with Crippen LogP contribution in [0, 0.1) is 0 Å². The number of ketones is 2. The molecule has 0 aliphatic rings. The van der Waals surface area contributed by atoms with Crippen LogP contribution in [0.25, 0.3) is 0 Å². The van der Waals surface area contributed by atoms with E-state index in [9.17, 15) is 9.59 Å². The fraction of sp³-hybridized carbons (Fsp3) is 0.778.